The highest BCUT2D eigenvalue weighted by Crippen LogP contribution is 2.36. The van der Waals surface area contributed by atoms with Gasteiger partial charge in [-0.25, -0.2) is 4.98 Å². The number of nitrogens with zero attached hydrogens (tertiary/aromatic N) is 4. The summed E-state index contributed by atoms with van der Waals surface area (Å²) in [5, 5.41) is 11.7. The Morgan fingerprint density at radius 3 is 2.97 bits per heavy atom. The smallest absolute Gasteiger partial charge is 0.296 e. The maximum Gasteiger partial charge on any atom is 0.296 e. The number of hydrogen-bond acceptors (Lipinski definition) is 9. The molecule has 1 amide bonds. The molecular weight excluding hydrogens is 430 g/mol. The van der Waals surface area contributed by atoms with Crippen molar-refractivity contribution in [2.24, 2.45) is 0 Å². The van der Waals surface area contributed by atoms with Crippen molar-refractivity contribution in [3.8, 4) is 22.1 Å². The lowest BCUT2D eigenvalue weighted by Crippen LogP contribution is -2.15. The molecule has 1 aliphatic rings. The van der Waals surface area contributed by atoms with Crippen molar-refractivity contribution in [2.45, 2.75) is 19.4 Å². The summed E-state index contributed by atoms with van der Waals surface area (Å²) < 4.78 is 16.5. The van der Waals surface area contributed by atoms with E-state index in [1.54, 1.807) is 25.3 Å². The number of aromatic nitrogens is 4. The Balaban J connectivity index is 1.62. The minimum atomic E-state index is -0.407. The Bertz CT molecular complexity index is 1070. The van der Waals surface area contributed by atoms with Crippen LogP contribution < -0.4 is 14.8 Å². The molecular formula is C19H18ClN5O4S. The molecule has 9 nitrogen and oxygen atoms in total. The van der Waals surface area contributed by atoms with E-state index < -0.39 is 5.91 Å². The maximum absolute atomic E-state index is 13.0. The van der Waals surface area contributed by atoms with E-state index in [2.05, 4.69) is 25.5 Å². The number of nitrogens with one attached hydrogen (secondary N) is 1. The van der Waals surface area contributed by atoms with Crippen LogP contribution in [0.3, 0.4) is 0 Å². The topological polar surface area (TPSA) is 108 Å². The predicted molar refractivity (Wildman–Crippen MR) is 111 cm³/mol. The van der Waals surface area contributed by atoms with E-state index in [0.717, 1.165) is 17.8 Å². The molecule has 0 radical (unpaired) electrons. The molecule has 0 saturated carbocycles. The molecule has 11 heteroatoms. The second kappa shape index (κ2) is 8.90. The first-order valence-electron chi connectivity index (χ1n) is 9.10. The lowest BCUT2D eigenvalue weighted by molar-refractivity contribution is 0.102. The van der Waals surface area contributed by atoms with E-state index in [1.807, 2.05) is 0 Å². The van der Waals surface area contributed by atoms with Gasteiger partial charge in [0.25, 0.3) is 11.1 Å². The normalized spacial score (nSPS) is 15.8. The molecule has 4 rings (SSSR count). The molecule has 1 N–H and O–H groups in total. The fourth-order valence-electron chi connectivity index (χ4n) is 3.08. The van der Waals surface area contributed by atoms with Gasteiger partial charge in [0.05, 0.1) is 31.6 Å². The summed E-state index contributed by atoms with van der Waals surface area (Å²) in [7, 11) is 1.53. The third-order valence-electron chi connectivity index (χ3n) is 4.46. The average Bonchev–Trinajstić information content (AvgIpc) is 3.40. The molecule has 1 aliphatic heterocycles. The average molecular weight is 448 g/mol. The zero-order chi connectivity index (χ0) is 21.1. The minimum absolute atomic E-state index is 0.0462. The number of anilines is 1. The van der Waals surface area contributed by atoms with Crippen molar-refractivity contribution in [3.05, 3.63) is 40.9 Å². The quantitative estimate of drug-likeness (QED) is 0.573. The van der Waals surface area contributed by atoms with Gasteiger partial charge in [0.1, 0.15) is 17.0 Å². The molecule has 0 aliphatic carbocycles. The summed E-state index contributed by atoms with van der Waals surface area (Å²) >= 11 is 7.20. The first kappa shape index (κ1) is 20.5. The second-order valence-electron chi connectivity index (χ2n) is 6.46. The number of carbonyl (C=O) groups is 1. The monoisotopic (exact) mass is 447 g/mol. The number of methoxy groups -OCH3 is 1. The van der Waals surface area contributed by atoms with Gasteiger partial charge in [-0.3, -0.25) is 15.1 Å². The summed E-state index contributed by atoms with van der Waals surface area (Å²) in [6.45, 7) is 2.99. The SMILES string of the molecule is COc1c(C)ncc(C(=O)Nc2nnc(OC3CCOC3)s2)c1-c1ccnc(Cl)c1. The molecule has 0 bridgehead atoms. The van der Waals surface area contributed by atoms with Crippen molar-refractivity contribution in [2.75, 3.05) is 25.6 Å². The number of aryl methyl sites for hydroxylation is 1. The molecule has 0 aromatic carbocycles. The van der Waals surface area contributed by atoms with Crippen LogP contribution in [0.4, 0.5) is 5.13 Å². The second-order valence-corrected chi connectivity index (χ2v) is 7.79. The van der Waals surface area contributed by atoms with E-state index in [9.17, 15) is 4.79 Å². The van der Waals surface area contributed by atoms with Crippen molar-refractivity contribution < 1.29 is 19.0 Å². The molecule has 1 unspecified atom stereocenters. The Hall–Kier alpha value is -2.82. The molecule has 3 aromatic rings. The summed E-state index contributed by atoms with van der Waals surface area (Å²) in [5.74, 6) is 0.0723. The van der Waals surface area contributed by atoms with Crippen molar-refractivity contribution in [1.29, 1.82) is 0 Å². The van der Waals surface area contributed by atoms with Crippen LogP contribution in [0.2, 0.25) is 5.15 Å². The number of rotatable bonds is 6. The Labute approximate surface area is 181 Å². The highest BCUT2D eigenvalue weighted by Gasteiger charge is 2.23. The first-order chi connectivity index (χ1) is 14.5. The molecule has 30 heavy (non-hydrogen) atoms. The highest BCUT2D eigenvalue weighted by molar-refractivity contribution is 7.17. The Morgan fingerprint density at radius 2 is 2.23 bits per heavy atom. The van der Waals surface area contributed by atoms with Gasteiger partial charge in [-0.15, -0.1) is 5.10 Å². The van der Waals surface area contributed by atoms with E-state index in [1.165, 1.54) is 13.3 Å². The van der Waals surface area contributed by atoms with Crippen molar-refractivity contribution in [1.82, 2.24) is 20.2 Å². The largest absolute Gasteiger partial charge is 0.494 e. The van der Waals surface area contributed by atoms with Gasteiger partial charge in [-0.1, -0.05) is 16.7 Å². The van der Waals surface area contributed by atoms with E-state index in [4.69, 9.17) is 25.8 Å². The fraction of sp³-hybridized carbons (Fsp3) is 0.316. The van der Waals surface area contributed by atoms with Gasteiger partial charge in [0.15, 0.2) is 0 Å². The molecule has 1 saturated heterocycles. The van der Waals surface area contributed by atoms with Gasteiger partial charge >= 0.3 is 0 Å². The van der Waals surface area contributed by atoms with Crippen LogP contribution in [-0.2, 0) is 4.74 Å². The van der Waals surface area contributed by atoms with Crippen LogP contribution in [0.5, 0.6) is 10.9 Å². The van der Waals surface area contributed by atoms with Crippen LogP contribution in [0.25, 0.3) is 11.1 Å². The van der Waals surface area contributed by atoms with Crippen LogP contribution >= 0.6 is 22.9 Å². The number of pyridine rings is 2. The van der Waals surface area contributed by atoms with Crippen molar-refractivity contribution >= 4 is 34.0 Å². The summed E-state index contributed by atoms with van der Waals surface area (Å²) in [4.78, 5) is 21.3. The van der Waals surface area contributed by atoms with Crippen LogP contribution in [0, 0.1) is 6.92 Å². The number of amides is 1. The lowest BCUT2D eigenvalue weighted by Gasteiger charge is -2.15. The third kappa shape index (κ3) is 4.35. The van der Waals surface area contributed by atoms with Gasteiger partial charge in [-0.2, -0.15) is 0 Å². The van der Waals surface area contributed by atoms with E-state index >= 15 is 0 Å². The first-order valence-corrected chi connectivity index (χ1v) is 10.3. The highest BCUT2D eigenvalue weighted by atomic mass is 35.5. The molecule has 156 valence electrons. The molecule has 3 aromatic heterocycles. The summed E-state index contributed by atoms with van der Waals surface area (Å²) in [5.41, 5.74) is 2.20. The zero-order valence-electron chi connectivity index (χ0n) is 16.2. The van der Waals surface area contributed by atoms with Gasteiger partial charge in [0.2, 0.25) is 5.13 Å². The Morgan fingerprint density at radius 1 is 1.37 bits per heavy atom. The lowest BCUT2D eigenvalue weighted by atomic mass is 9.99. The zero-order valence-corrected chi connectivity index (χ0v) is 17.8. The predicted octanol–water partition coefficient (Wildman–Crippen LogP) is 3.39. The molecule has 1 fully saturated rings. The standard InChI is InChI=1S/C19H18ClN5O4S/c1-10-16(27-2)15(11-3-5-21-14(20)7-11)13(8-22-10)17(26)23-18-24-25-19(30-18)29-12-4-6-28-9-12/h3,5,7-8,12H,4,6,9H2,1-2H3,(H,23,24,26). The van der Waals surface area contributed by atoms with Gasteiger partial charge in [-0.05, 0) is 36.0 Å². The van der Waals surface area contributed by atoms with Gasteiger partial charge < -0.3 is 14.2 Å². The number of carbonyl (C=O) groups excluding carboxylic acids is 1. The summed E-state index contributed by atoms with van der Waals surface area (Å²) in [6, 6.07) is 3.41. The number of hydrogen-bond donors (Lipinski definition) is 1. The van der Waals surface area contributed by atoms with Crippen LogP contribution in [-0.4, -0.2) is 52.5 Å². The van der Waals surface area contributed by atoms with Gasteiger partial charge in [0, 0.05) is 24.4 Å². The number of halogens is 1. The maximum atomic E-state index is 13.0. The molecule has 0 spiro atoms. The van der Waals surface area contributed by atoms with Crippen molar-refractivity contribution in [3.63, 3.8) is 0 Å². The van der Waals surface area contributed by atoms with Crippen LogP contribution in [0.1, 0.15) is 22.5 Å². The Kier molecular flexibility index (Phi) is 6.07. The molecule has 1 atom stereocenters. The number of ether oxygens (including phenoxy) is 3. The fourth-order valence-corrected chi connectivity index (χ4v) is 3.91. The van der Waals surface area contributed by atoms with Crippen LogP contribution in [0.15, 0.2) is 24.5 Å². The summed E-state index contributed by atoms with van der Waals surface area (Å²) in [6.07, 6.45) is 3.81. The third-order valence-corrected chi connectivity index (χ3v) is 5.39. The van der Waals surface area contributed by atoms with E-state index in [0.29, 0.717) is 56.8 Å². The van der Waals surface area contributed by atoms with E-state index in [-0.39, 0.29) is 6.10 Å². The minimum Gasteiger partial charge on any atom is -0.494 e. The molecule has 4 heterocycles.